The standard InChI is InChI=1S/C14H14Br2N2O2/c1-19-13-9(3-7(15)5-11(13)17)10-4-8(16)6-12(18)14(10)20-2/h3-6H,17-18H2,1-2H3. The van der Waals surface area contributed by atoms with Gasteiger partial charge < -0.3 is 20.9 Å². The van der Waals surface area contributed by atoms with Gasteiger partial charge in [0.05, 0.1) is 25.6 Å². The Morgan fingerprint density at radius 1 is 0.750 bits per heavy atom. The average Bonchev–Trinajstić information content (AvgIpc) is 2.37. The number of methoxy groups -OCH3 is 2. The van der Waals surface area contributed by atoms with Crippen LogP contribution in [0.1, 0.15) is 0 Å². The topological polar surface area (TPSA) is 70.5 Å². The molecule has 0 radical (unpaired) electrons. The molecule has 2 aromatic carbocycles. The number of benzene rings is 2. The molecule has 0 saturated carbocycles. The number of nitrogen functional groups attached to an aromatic ring is 2. The van der Waals surface area contributed by atoms with E-state index in [2.05, 4.69) is 31.9 Å². The molecule has 0 atom stereocenters. The zero-order valence-electron chi connectivity index (χ0n) is 11.0. The van der Waals surface area contributed by atoms with E-state index in [0.717, 1.165) is 20.1 Å². The van der Waals surface area contributed by atoms with Crippen molar-refractivity contribution < 1.29 is 9.47 Å². The van der Waals surface area contributed by atoms with Crippen molar-refractivity contribution in [1.82, 2.24) is 0 Å². The third-order valence-electron chi connectivity index (χ3n) is 2.86. The summed E-state index contributed by atoms with van der Waals surface area (Å²) < 4.78 is 12.5. The number of halogens is 2. The zero-order valence-corrected chi connectivity index (χ0v) is 14.2. The van der Waals surface area contributed by atoms with Gasteiger partial charge in [-0.3, -0.25) is 0 Å². The largest absolute Gasteiger partial charge is 0.494 e. The molecule has 0 saturated heterocycles. The van der Waals surface area contributed by atoms with Gasteiger partial charge in [-0.15, -0.1) is 0 Å². The van der Waals surface area contributed by atoms with Crippen LogP contribution in [0.4, 0.5) is 11.4 Å². The van der Waals surface area contributed by atoms with Crippen LogP contribution in [-0.4, -0.2) is 14.2 Å². The Morgan fingerprint density at radius 2 is 1.10 bits per heavy atom. The molecule has 0 aliphatic heterocycles. The highest BCUT2D eigenvalue weighted by Crippen LogP contribution is 2.44. The minimum absolute atomic E-state index is 0.539. The molecule has 106 valence electrons. The van der Waals surface area contributed by atoms with Gasteiger partial charge >= 0.3 is 0 Å². The molecule has 0 aromatic heterocycles. The van der Waals surface area contributed by atoms with Gasteiger partial charge in [-0.1, -0.05) is 31.9 Å². The molecule has 2 rings (SSSR count). The van der Waals surface area contributed by atoms with Gasteiger partial charge in [0, 0.05) is 20.1 Å². The van der Waals surface area contributed by atoms with Gasteiger partial charge in [0.1, 0.15) is 11.5 Å². The van der Waals surface area contributed by atoms with Crippen LogP contribution in [0.25, 0.3) is 11.1 Å². The van der Waals surface area contributed by atoms with E-state index in [1.54, 1.807) is 26.4 Å². The van der Waals surface area contributed by atoms with Crippen molar-refractivity contribution in [2.75, 3.05) is 25.7 Å². The summed E-state index contributed by atoms with van der Waals surface area (Å²) in [6.45, 7) is 0. The van der Waals surface area contributed by atoms with Crippen LogP contribution in [0.15, 0.2) is 33.2 Å². The quantitative estimate of drug-likeness (QED) is 0.760. The molecule has 4 N–H and O–H groups in total. The second-order valence-corrected chi connectivity index (χ2v) is 5.98. The molecule has 0 unspecified atom stereocenters. The Kier molecular flexibility index (Phi) is 4.45. The van der Waals surface area contributed by atoms with E-state index in [0.29, 0.717) is 22.9 Å². The maximum absolute atomic E-state index is 6.00. The van der Waals surface area contributed by atoms with Gasteiger partial charge in [0.15, 0.2) is 0 Å². The number of anilines is 2. The molecular formula is C14H14Br2N2O2. The highest BCUT2D eigenvalue weighted by Gasteiger charge is 2.17. The predicted molar refractivity (Wildman–Crippen MR) is 89.2 cm³/mol. The molecule has 0 amide bonds. The average molecular weight is 402 g/mol. The van der Waals surface area contributed by atoms with Crippen LogP contribution in [0, 0.1) is 0 Å². The SMILES string of the molecule is COc1c(N)cc(Br)cc1-c1cc(Br)cc(N)c1OC. The van der Waals surface area contributed by atoms with Crippen LogP contribution in [-0.2, 0) is 0 Å². The molecule has 0 bridgehead atoms. The molecule has 0 aliphatic carbocycles. The minimum Gasteiger partial charge on any atom is -0.494 e. The first-order valence-corrected chi connectivity index (χ1v) is 7.33. The van der Waals surface area contributed by atoms with Gasteiger partial charge in [-0.2, -0.15) is 0 Å². The molecule has 0 heterocycles. The van der Waals surface area contributed by atoms with Crippen LogP contribution in [0.3, 0.4) is 0 Å². The summed E-state index contributed by atoms with van der Waals surface area (Å²) in [5.41, 5.74) is 14.7. The molecular weight excluding hydrogens is 388 g/mol. The maximum Gasteiger partial charge on any atom is 0.149 e. The number of ether oxygens (including phenoxy) is 2. The predicted octanol–water partition coefficient (Wildman–Crippen LogP) is 4.06. The molecule has 0 spiro atoms. The maximum atomic E-state index is 6.00. The third kappa shape index (κ3) is 2.71. The van der Waals surface area contributed by atoms with E-state index in [9.17, 15) is 0 Å². The number of nitrogens with two attached hydrogens (primary N) is 2. The first-order valence-electron chi connectivity index (χ1n) is 5.74. The summed E-state index contributed by atoms with van der Waals surface area (Å²) in [7, 11) is 3.16. The van der Waals surface area contributed by atoms with E-state index in [1.807, 2.05) is 12.1 Å². The van der Waals surface area contributed by atoms with E-state index in [4.69, 9.17) is 20.9 Å². The van der Waals surface area contributed by atoms with Gasteiger partial charge in [0.2, 0.25) is 0 Å². The molecule has 2 aromatic rings. The fourth-order valence-electron chi connectivity index (χ4n) is 2.09. The van der Waals surface area contributed by atoms with E-state index in [-0.39, 0.29) is 0 Å². The second kappa shape index (κ2) is 5.93. The van der Waals surface area contributed by atoms with Crippen molar-refractivity contribution in [2.24, 2.45) is 0 Å². The van der Waals surface area contributed by atoms with Gasteiger partial charge in [-0.05, 0) is 24.3 Å². The molecule has 20 heavy (non-hydrogen) atoms. The summed E-state index contributed by atoms with van der Waals surface area (Å²) in [4.78, 5) is 0. The monoisotopic (exact) mass is 400 g/mol. The van der Waals surface area contributed by atoms with Crippen molar-refractivity contribution in [1.29, 1.82) is 0 Å². The lowest BCUT2D eigenvalue weighted by Gasteiger charge is -2.16. The van der Waals surface area contributed by atoms with Gasteiger partial charge in [0.25, 0.3) is 0 Å². The fraction of sp³-hybridized carbons (Fsp3) is 0.143. The van der Waals surface area contributed by atoms with Crippen LogP contribution in [0.5, 0.6) is 11.5 Å². The van der Waals surface area contributed by atoms with E-state index >= 15 is 0 Å². The lowest BCUT2D eigenvalue weighted by atomic mass is 10.0. The fourth-order valence-corrected chi connectivity index (χ4v) is 3.04. The first-order chi connectivity index (χ1) is 9.47. The van der Waals surface area contributed by atoms with Gasteiger partial charge in [-0.25, -0.2) is 0 Å². The zero-order chi connectivity index (χ0) is 14.9. The summed E-state index contributed by atoms with van der Waals surface area (Å²) in [6, 6.07) is 7.41. The minimum atomic E-state index is 0.539. The van der Waals surface area contributed by atoms with Crippen LogP contribution in [0.2, 0.25) is 0 Å². The first kappa shape index (κ1) is 15.0. The van der Waals surface area contributed by atoms with E-state index in [1.165, 1.54) is 0 Å². The number of rotatable bonds is 3. The highest BCUT2D eigenvalue weighted by atomic mass is 79.9. The molecule has 6 heteroatoms. The van der Waals surface area contributed by atoms with Crippen LogP contribution < -0.4 is 20.9 Å². The Morgan fingerprint density at radius 3 is 1.40 bits per heavy atom. The Labute approximate surface area is 134 Å². The van der Waals surface area contributed by atoms with Crippen molar-refractivity contribution >= 4 is 43.2 Å². The molecule has 0 fully saturated rings. The second-order valence-electron chi connectivity index (χ2n) is 4.15. The van der Waals surface area contributed by atoms with Crippen molar-refractivity contribution in [3.05, 3.63) is 33.2 Å². The van der Waals surface area contributed by atoms with Crippen molar-refractivity contribution in [2.45, 2.75) is 0 Å². The lowest BCUT2D eigenvalue weighted by Crippen LogP contribution is -1.99. The lowest BCUT2D eigenvalue weighted by molar-refractivity contribution is 0.412. The molecule has 4 nitrogen and oxygen atoms in total. The van der Waals surface area contributed by atoms with Crippen molar-refractivity contribution in [3.8, 4) is 22.6 Å². The summed E-state index contributed by atoms with van der Waals surface area (Å²) in [5.74, 6) is 1.17. The Bertz CT molecular complexity index is 603. The van der Waals surface area contributed by atoms with Crippen molar-refractivity contribution in [3.63, 3.8) is 0 Å². The van der Waals surface area contributed by atoms with E-state index < -0.39 is 0 Å². The summed E-state index contributed by atoms with van der Waals surface area (Å²) >= 11 is 6.88. The number of hydrogen-bond donors (Lipinski definition) is 2. The molecule has 0 aliphatic rings. The Balaban J connectivity index is 2.80. The smallest absolute Gasteiger partial charge is 0.149 e. The van der Waals surface area contributed by atoms with Crippen LogP contribution >= 0.6 is 31.9 Å². The summed E-state index contributed by atoms with van der Waals surface area (Å²) in [6.07, 6.45) is 0. The Hall–Kier alpha value is -1.40. The number of hydrogen-bond acceptors (Lipinski definition) is 4. The highest BCUT2D eigenvalue weighted by molar-refractivity contribution is 9.10. The third-order valence-corrected chi connectivity index (χ3v) is 3.78. The summed E-state index contributed by atoms with van der Waals surface area (Å²) in [5, 5.41) is 0. The normalized spacial score (nSPS) is 10.4.